The molecule has 0 bridgehead atoms. The van der Waals surface area contributed by atoms with Crippen LogP contribution in [0.1, 0.15) is 46.5 Å². The van der Waals surface area contributed by atoms with E-state index in [-0.39, 0.29) is 5.78 Å². The third kappa shape index (κ3) is 4.31. The number of methoxy groups -OCH3 is 1. The minimum Gasteiger partial charge on any atom is -0.385 e. The summed E-state index contributed by atoms with van der Waals surface area (Å²) in [5.41, 5.74) is -0.553. The summed E-state index contributed by atoms with van der Waals surface area (Å²) in [5.74, 6) is 0.214. The van der Waals surface area contributed by atoms with Crippen molar-refractivity contribution in [1.29, 1.82) is 0 Å². The van der Waals surface area contributed by atoms with E-state index >= 15 is 0 Å². The highest BCUT2D eigenvalue weighted by molar-refractivity contribution is 5.87. The number of Topliss-reactive ketones (excluding diaryl/α,β-unsaturated/α-hetero) is 1. The summed E-state index contributed by atoms with van der Waals surface area (Å²) in [6.07, 6.45) is 2.84. The van der Waals surface area contributed by atoms with Crippen LogP contribution in [0.2, 0.25) is 0 Å². The minimum atomic E-state index is -0.553. The van der Waals surface area contributed by atoms with Gasteiger partial charge in [-0.15, -0.1) is 0 Å². The molecule has 0 rings (SSSR count). The molecule has 0 aliphatic rings. The molecule has 0 aromatic rings. The van der Waals surface area contributed by atoms with E-state index in [4.69, 9.17) is 9.47 Å². The van der Waals surface area contributed by atoms with E-state index < -0.39 is 5.60 Å². The molecule has 90 valence electrons. The Labute approximate surface area is 93.1 Å². The largest absolute Gasteiger partial charge is 0.385 e. The van der Waals surface area contributed by atoms with Gasteiger partial charge in [0.15, 0.2) is 5.78 Å². The Hall–Kier alpha value is -0.410. The van der Waals surface area contributed by atoms with Crippen LogP contribution in [0.3, 0.4) is 0 Å². The second-order valence-electron chi connectivity index (χ2n) is 3.65. The zero-order valence-electron chi connectivity index (χ0n) is 10.5. The molecule has 0 heterocycles. The summed E-state index contributed by atoms with van der Waals surface area (Å²) < 4.78 is 10.6. The van der Waals surface area contributed by atoms with Gasteiger partial charge < -0.3 is 9.47 Å². The zero-order valence-corrected chi connectivity index (χ0v) is 10.5. The predicted octanol–water partition coefficient (Wildman–Crippen LogP) is 2.58. The number of carbonyl (C=O) groups is 1. The van der Waals surface area contributed by atoms with E-state index in [1.807, 2.05) is 20.8 Å². The third-order valence-corrected chi connectivity index (χ3v) is 2.82. The number of rotatable bonds is 9. The Morgan fingerprint density at radius 1 is 1.20 bits per heavy atom. The van der Waals surface area contributed by atoms with Gasteiger partial charge in [-0.1, -0.05) is 13.8 Å². The van der Waals surface area contributed by atoms with Crippen molar-refractivity contribution in [3.8, 4) is 0 Å². The monoisotopic (exact) mass is 216 g/mol. The highest BCUT2D eigenvalue weighted by Crippen LogP contribution is 2.23. The van der Waals surface area contributed by atoms with Gasteiger partial charge in [0.1, 0.15) is 5.60 Å². The van der Waals surface area contributed by atoms with Gasteiger partial charge in [-0.3, -0.25) is 4.79 Å². The molecule has 0 aliphatic heterocycles. The van der Waals surface area contributed by atoms with E-state index in [1.165, 1.54) is 0 Å². The summed E-state index contributed by atoms with van der Waals surface area (Å²) in [6.45, 7) is 7.18. The van der Waals surface area contributed by atoms with Crippen molar-refractivity contribution in [2.24, 2.45) is 0 Å². The first-order valence-corrected chi connectivity index (χ1v) is 5.83. The number of ketones is 1. The lowest BCUT2D eigenvalue weighted by molar-refractivity contribution is -0.145. The topological polar surface area (TPSA) is 35.5 Å². The molecular formula is C12H24O3. The highest BCUT2D eigenvalue weighted by atomic mass is 16.5. The smallest absolute Gasteiger partial charge is 0.164 e. The maximum atomic E-state index is 12.0. The van der Waals surface area contributed by atoms with Crippen LogP contribution < -0.4 is 0 Å². The molecule has 0 spiro atoms. The zero-order chi connectivity index (χ0) is 11.7. The number of hydrogen-bond acceptors (Lipinski definition) is 3. The molecule has 0 fully saturated rings. The first-order chi connectivity index (χ1) is 7.16. The summed E-state index contributed by atoms with van der Waals surface area (Å²) in [7, 11) is 1.65. The van der Waals surface area contributed by atoms with Gasteiger partial charge in [0, 0.05) is 26.7 Å². The maximum Gasteiger partial charge on any atom is 0.164 e. The quantitative estimate of drug-likeness (QED) is 0.556. The first-order valence-electron chi connectivity index (χ1n) is 5.83. The van der Waals surface area contributed by atoms with Gasteiger partial charge in [-0.2, -0.15) is 0 Å². The van der Waals surface area contributed by atoms with Crippen molar-refractivity contribution in [2.45, 2.75) is 52.1 Å². The molecule has 15 heavy (non-hydrogen) atoms. The predicted molar refractivity (Wildman–Crippen MR) is 61.1 cm³/mol. The molecular weight excluding hydrogens is 192 g/mol. The molecule has 0 unspecified atom stereocenters. The molecule has 0 N–H and O–H groups in total. The van der Waals surface area contributed by atoms with E-state index in [0.29, 0.717) is 19.6 Å². The minimum absolute atomic E-state index is 0.214. The Morgan fingerprint density at radius 2 is 1.80 bits per heavy atom. The van der Waals surface area contributed by atoms with Crippen LogP contribution in [0.4, 0.5) is 0 Å². The van der Waals surface area contributed by atoms with Crippen molar-refractivity contribution < 1.29 is 14.3 Å². The molecule has 0 saturated carbocycles. The van der Waals surface area contributed by atoms with Gasteiger partial charge >= 0.3 is 0 Å². The lowest BCUT2D eigenvalue weighted by Crippen LogP contribution is -2.40. The SMILES string of the molecule is CCOC(CC)(CC)C(=O)CCCOC. The molecule has 0 radical (unpaired) electrons. The summed E-state index contributed by atoms with van der Waals surface area (Å²) in [6, 6.07) is 0. The van der Waals surface area contributed by atoms with Crippen LogP contribution in [0.15, 0.2) is 0 Å². The van der Waals surface area contributed by atoms with Crippen molar-refractivity contribution in [1.82, 2.24) is 0 Å². The van der Waals surface area contributed by atoms with E-state index in [9.17, 15) is 4.79 Å². The van der Waals surface area contributed by atoms with Crippen molar-refractivity contribution in [3.63, 3.8) is 0 Å². The molecule has 0 aromatic carbocycles. The summed E-state index contributed by atoms with van der Waals surface area (Å²) in [5, 5.41) is 0. The second-order valence-corrected chi connectivity index (χ2v) is 3.65. The van der Waals surface area contributed by atoms with Gasteiger partial charge in [0.25, 0.3) is 0 Å². The highest BCUT2D eigenvalue weighted by Gasteiger charge is 2.34. The molecule has 0 aliphatic carbocycles. The number of hydrogen-bond donors (Lipinski definition) is 0. The molecule has 0 amide bonds. The van der Waals surface area contributed by atoms with E-state index in [1.54, 1.807) is 7.11 Å². The standard InChI is InChI=1S/C12H24O3/c1-5-12(6-2,15-7-3)11(13)9-8-10-14-4/h5-10H2,1-4H3. The fourth-order valence-corrected chi connectivity index (χ4v) is 1.81. The van der Waals surface area contributed by atoms with Gasteiger partial charge in [0.2, 0.25) is 0 Å². The second kappa shape index (κ2) is 7.83. The molecule has 3 heteroatoms. The van der Waals surface area contributed by atoms with Crippen LogP contribution in [0.5, 0.6) is 0 Å². The third-order valence-electron chi connectivity index (χ3n) is 2.82. The van der Waals surface area contributed by atoms with Gasteiger partial charge in [-0.05, 0) is 26.2 Å². The number of carbonyl (C=O) groups excluding carboxylic acids is 1. The average molecular weight is 216 g/mol. The molecule has 0 saturated heterocycles. The van der Waals surface area contributed by atoms with Gasteiger partial charge in [-0.25, -0.2) is 0 Å². The van der Waals surface area contributed by atoms with Gasteiger partial charge in [0.05, 0.1) is 0 Å². The van der Waals surface area contributed by atoms with Crippen LogP contribution in [0, 0.1) is 0 Å². The van der Waals surface area contributed by atoms with E-state index in [0.717, 1.165) is 19.3 Å². The van der Waals surface area contributed by atoms with Crippen LogP contribution >= 0.6 is 0 Å². The molecule has 3 nitrogen and oxygen atoms in total. The fraction of sp³-hybridized carbons (Fsp3) is 0.917. The van der Waals surface area contributed by atoms with Crippen molar-refractivity contribution in [3.05, 3.63) is 0 Å². The maximum absolute atomic E-state index is 12.0. The summed E-state index contributed by atoms with van der Waals surface area (Å²) >= 11 is 0. The van der Waals surface area contributed by atoms with Crippen LogP contribution in [-0.4, -0.2) is 31.7 Å². The van der Waals surface area contributed by atoms with Crippen LogP contribution in [0.25, 0.3) is 0 Å². The Balaban J connectivity index is 4.27. The fourth-order valence-electron chi connectivity index (χ4n) is 1.81. The van der Waals surface area contributed by atoms with Crippen molar-refractivity contribution >= 4 is 5.78 Å². The lowest BCUT2D eigenvalue weighted by atomic mass is 9.89. The van der Waals surface area contributed by atoms with E-state index in [2.05, 4.69) is 0 Å². The lowest BCUT2D eigenvalue weighted by Gasteiger charge is -2.29. The Morgan fingerprint density at radius 3 is 2.20 bits per heavy atom. The average Bonchev–Trinajstić information content (AvgIpc) is 2.26. The molecule has 0 aromatic heterocycles. The first kappa shape index (κ1) is 14.6. The van der Waals surface area contributed by atoms with Crippen LogP contribution in [-0.2, 0) is 14.3 Å². The normalized spacial score (nSPS) is 11.7. The molecule has 0 atom stereocenters. The number of ether oxygens (including phenoxy) is 2. The summed E-state index contributed by atoms with van der Waals surface area (Å²) in [4.78, 5) is 12.0. The Kier molecular flexibility index (Phi) is 7.61. The van der Waals surface area contributed by atoms with Crippen molar-refractivity contribution in [2.75, 3.05) is 20.3 Å². The Bertz CT molecular complexity index is 174.